The average Bonchev–Trinajstić information content (AvgIpc) is 4.57. The second-order valence-electron chi connectivity index (χ2n) is 26.4. The van der Waals surface area contributed by atoms with Gasteiger partial charge in [-0.05, 0) is 224 Å². The summed E-state index contributed by atoms with van der Waals surface area (Å²) in [6, 6.07) is 61.0. The SMILES string of the molecule is Cc1ccccc1-c1ccc(-c2ccc3c(c2)C2(CCCC2)CC3)c[n+]1C.Cc1ccccc1-c1ccc(-c2ccc3c(c2)CCC2(CCCC2)C3)c[n+]1C.Cc1ccccc1-c1ccc(-c2cccc3c2CC2(CCCC2)C3)c[n+]1C. The predicted octanol–water partition coefficient (Wildman–Crippen LogP) is 17.9. The molecule has 3 aromatic heterocycles. The number of hydrogen-bond acceptors (Lipinski definition) is 0. The molecule has 6 aliphatic rings. The summed E-state index contributed by atoms with van der Waals surface area (Å²) in [7, 11) is 6.50. The smallest absolute Gasteiger partial charge is 0.200 e. The molecule has 0 unspecified atom stereocenters. The number of hydrogen-bond donors (Lipinski definition) is 0. The first-order valence-electron chi connectivity index (χ1n) is 31.5. The van der Waals surface area contributed by atoms with Gasteiger partial charge >= 0.3 is 0 Å². The molecule has 0 atom stereocenters. The van der Waals surface area contributed by atoms with Crippen LogP contribution in [-0.2, 0) is 58.7 Å². The van der Waals surface area contributed by atoms with Crippen LogP contribution in [0.5, 0.6) is 0 Å². The third-order valence-electron chi connectivity index (χ3n) is 21.2. The second-order valence-corrected chi connectivity index (χ2v) is 26.4. The molecule has 6 aliphatic carbocycles. The van der Waals surface area contributed by atoms with Gasteiger partial charge in [0.05, 0.1) is 0 Å². The van der Waals surface area contributed by atoms with Crippen LogP contribution in [0.1, 0.15) is 140 Å². The van der Waals surface area contributed by atoms with E-state index in [9.17, 15) is 0 Å². The van der Waals surface area contributed by atoms with E-state index in [2.05, 4.69) is 238 Å². The van der Waals surface area contributed by atoms with Crippen molar-refractivity contribution in [3.05, 3.63) is 232 Å². The van der Waals surface area contributed by atoms with Gasteiger partial charge in [-0.2, -0.15) is 0 Å². The lowest BCUT2D eigenvalue weighted by atomic mass is 9.70. The van der Waals surface area contributed by atoms with E-state index in [-0.39, 0.29) is 0 Å². The Kier molecular flexibility index (Phi) is 14.8. The minimum atomic E-state index is 0.495. The molecule has 0 radical (unpaired) electrons. The van der Waals surface area contributed by atoms with E-state index in [0.717, 1.165) is 0 Å². The first-order valence-corrected chi connectivity index (χ1v) is 31.5. The molecular weight excluding hydrogens is 991 g/mol. The molecule has 82 heavy (non-hydrogen) atoms. The van der Waals surface area contributed by atoms with Crippen LogP contribution in [0, 0.1) is 31.6 Å². The maximum Gasteiger partial charge on any atom is 0.212 e. The second kappa shape index (κ2) is 22.5. The van der Waals surface area contributed by atoms with Crippen molar-refractivity contribution in [2.24, 2.45) is 32.0 Å². The van der Waals surface area contributed by atoms with Crippen molar-refractivity contribution in [1.82, 2.24) is 0 Å². The predicted molar refractivity (Wildman–Crippen MR) is 339 cm³/mol. The quantitative estimate of drug-likeness (QED) is 0.147. The minimum absolute atomic E-state index is 0.495. The lowest BCUT2D eigenvalue weighted by molar-refractivity contribution is -0.660. The van der Waals surface area contributed by atoms with Crippen LogP contribution in [0.2, 0.25) is 0 Å². The van der Waals surface area contributed by atoms with Crippen LogP contribution < -0.4 is 13.7 Å². The lowest BCUT2D eigenvalue weighted by Gasteiger charge is -2.35. The molecule has 3 fully saturated rings. The van der Waals surface area contributed by atoms with E-state index in [4.69, 9.17) is 0 Å². The number of aryl methyl sites for hydroxylation is 8. The zero-order valence-corrected chi connectivity index (χ0v) is 50.1. The largest absolute Gasteiger partial charge is 0.212 e. The lowest BCUT2D eigenvalue weighted by Crippen LogP contribution is -2.31. The summed E-state index contributed by atoms with van der Waals surface area (Å²) in [4.78, 5) is 0. The normalized spacial score (nSPS) is 17.5. The van der Waals surface area contributed by atoms with Gasteiger partial charge in [-0.3, -0.25) is 0 Å². The van der Waals surface area contributed by atoms with Gasteiger partial charge < -0.3 is 0 Å². The van der Waals surface area contributed by atoms with Crippen molar-refractivity contribution in [3.63, 3.8) is 0 Å². The van der Waals surface area contributed by atoms with Gasteiger partial charge in [0.15, 0.2) is 18.6 Å². The molecule has 3 saturated carbocycles. The first kappa shape index (κ1) is 54.0. The zero-order valence-electron chi connectivity index (χ0n) is 50.1. The third kappa shape index (κ3) is 10.5. The highest BCUT2D eigenvalue weighted by Gasteiger charge is 2.42. The van der Waals surface area contributed by atoms with Gasteiger partial charge in [0, 0.05) is 51.6 Å². The summed E-state index contributed by atoms with van der Waals surface area (Å²) in [5.41, 5.74) is 31.2. The summed E-state index contributed by atoms with van der Waals surface area (Å²) in [5, 5.41) is 0. The van der Waals surface area contributed by atoms with E-state index in [1.807, 2.05) is 0 Å². The molecule has 0 saturated heterocycles. The zero-order chi connectivity index (χ0) is 56.0. The van der Waals surface area contributed by atoms with Crippen molar-refractivity contribution in [2.45, 2.75) is 148 Å². The summed E-state index contributed by atoms with van der Waals surface area (Å²) in [6.45, 7) is 6.56. The number of pyridine rings is 3. The van der Waals surface area contributed by atoms with Crippen LogP contribution in [0.3, 0.4) is 0 Å². The van der Waals surface area contributed by atoms with E-state index in [1.165, 1.54) is 206 Å². The van der Waals surface area contributed by atoms with Crippen molar-refractivity contribution >= 4 is 0 Å². The van der Waals surface area contributed by atoms with Crippen molar-refractivity contribution in [2.75, 3.05) is 0 Å². The fourth-order valence-corrected chi connectivity index (χ4v) is 16.5. The van der Waals surface area contributed by atoms with Crippen LogP contribution in [-0.4, -0.2) is 0 Å². The van der Waals surface area contributed by atoms with Crippen LogP contribution in [0.4, 0.5) is 0 Å². The highest BCUT2D eigenvalue weighted by molar-refractivity contribution is 5.72. The summed E-state index contributed by atoms with van der Waals surface area (Å²) >= 11 is 0. The highest BCUT2D eigenvalue weighted by atomic mass is 14.9. The standard InChI is InChI=1S/C27H30N.2C26H28N/c1-20-7-3-4-8-25(20)26-12-11-24(19-28(26)2)21-9-10-23-18-27(14-5-6-15-27)16-13-22(23)17-21;1-19-8-3-4-10-22(19)25-13-12-21(18-27(25)2)23-11-7-9-20-16-26(17-24(20)23)14-5-6-15-26;1-19-7-3-4-8-23(19)25-12-11-22(18-27(25)2)21-10-9-20-13-16-26(24(20)17-21)14-5-6-15-26/h3-4,7-12,17,19H,5-6,13-16,18H2,1-2H3;3-4,7-13,18H,5-6,14-17H2,1-2H3;3-4,7-12,17-18H,5-6,13-16H2,1-2H3/q3*+1. The maximum absolute atomic E-state index is 2.51. The van der Waals surface area contributed by atoms with Gasteiger partial charge in [-0.1, -0.05) is 148 Å². The van der Waals surface area contributed by atoms with E-state index in [1.54, 1.807) is 33.4 Å². The Labute approximate surface area is 490 Å². The highest BCUT2D eigenvalue weighted by Crippen LogP contribution is 2.53. The van der Waals surface area contributed by atoms with Crippen LogP contribution in [0.15, 0.2) is 182 Å². The Hall–Kier alpha value is -7.23. The molecule has 9 aromatic rings. The Morgan fingerprint density at radius 1 is 0.317 bits per heavy atom. The van der Waals surface area contributed by atoms with Crippen molar-refractivity contribution in [3.8, 4) is 67.2 Å². The molecule has 0 amide bonds. The minimum Gasteiger partial charge on any atom is -0.200 e. The monoisotopic (exact) mass is 1080 g/mol. The Bertz CT molecular complexity index is 3840. The van der Waals surface area contributed by atoms with Gasteiger partial charge in [0.2, 0.25) is 17.1 Å². The Balaban J connectivity index is 0.000000115. The first-order chi connectivity index (χ1) is 39.9. The molecule has 414 valence electrons. The van der Waals surface area contributed by atoms with Crippen molar-refractivity contribution < 1.29 is 13.7 Å². The molecule has 0 N–H and O–H groups in total. The number of fused-ring (bicyclic) bond motifs is 4. The Morgan fingerprint density at radius 2 is 0.756 bits per heavy atom. The summed E-state index contributed by atoms with van der Waals surface area (Å²) in [5.74, 6) is 0. The van der Waals surface area contributed by atoms with Crippen molar-refractivity contribution in [1.29, 1.82) is 0 Å². The van der Waals surface area contributed by atoms with Crippen LogP contribution >= 0.6 is 0 Å². The number of rotatable bonds is 6. The van der Waals surface area contributed by atoms with E-state index >= 15 is 0 Å². The molecule has 3 nitrogen and oxygen atoms in total. The van der Waals surface area contributed by atoms with Gasteiger partial charge in [-0.25, -0.2) is 13.7 Å². The number of aromatic nitrogens is 3. The molecule has 0 bridgehead atoms. The fourth-order valence-electron chi connectivity index (χ4n) is 16.5. The maximum atomic E-state index is 2.51. The van der Waals surface area contributed by atoms with Gasteiger partial charge in [0.25, 0.3) is 0 Å². The van der Waals surface area contributed by atoms with Gasteiger partial charge in [0.1, 0.15) is 21.1 Å². The van der Waals surface area contributed by atoms with Gasteiger partial charge in [-0.15, -0.1) is 0 Å². The fraction of sp³-hybridized carbons (Fsp3) is 0.354. The molecule has 0 aliphatic heterocycles. The summed E-state index contributed by atoms with van der Waals surface area (Å²) < 4.78 is 6.83. The molecule has 15 rings (SSSR count). The topological polar surface area (TPSA) is 11.6 Å². The molecule has 3 heterocycles. The number of benzene rings is 6. The molecule has 6 aromatic carbocycles. The van der Waals surface area contributed by atoms with Crippen LogP contribution in [0.25, 0.3) is 67.2 Å². The molecular formula is C79H86N3+3. The Morgan fingerprint density at radius 3 is 1.30 bits per heavy atom. The van der Waals surface area contributed by atoms with E-state index in [0.29, 0.717) is 16.2 Å². The third-order valence-corrected chi connectivity index (χ3v) is 21.2. The molecule has 3 heteroatoms. The van der Waals surface area contributed by atoms with E-state index < -0.39 is 0 Å². The number of nitrogens with zero attached hydrogens (tertiary/aromatic N) is 3. The molecule has 3 spiro atoms. The average molecular weight is 1080 g/mol. The summed E-state index contributed by atoms with van der Waals surface area (Å²) in [6.07, 6.45) is 33.1.